The SMILES string of the molecule is CC.C[S+](O)c1cccc(-c2cnn3cc(-c4ccc(CCN5CCOCC5)cc4)cnc23)c1. The monoisotopic (exact) mass is 477 g/mol. The molecule has 0 aliphatic carbocycles. The van der Waals surface area contributed by atoms with Gasteiger partial charge in [0.05, 0.1) is 19.4 Å². The zero-order chi connectivity index (χ0) is 23.9. The van der Waals surface area contributed by atoms with E-state index in [1.165, 1.54) is 5.56 Å². The van der Waals surface area contributed by atoms with Crippen LogP contribution < -0.4 is 0 Å². The minimum absolute atomic E-state index is 0.774. The van der Waals surface area contributed by atoms with E-state index in [1.54, 1.807) is 6.26 Å². The van der Waals surface area contributed by atoms with Crippen LogP contribution in [0.2, 0.25) is 0 Å². The second kappa shape index (κ2) is 11.6. The smallest absolute Gasteiger partial charge is 0.190 e. The van der Waals surface area contributed by atoms with Gasteiger partial charge in [0.15, 0.2) is 21.7 Å². The molecule has 0 bridgehead atoms. The van der Waals surface area contributed by atoms with E-state index in [9.17, 15) is 4.55 Å². The van der Waals surface area contributed by atoms with Crippen molar-refractivity contribution < 1.29 is 9.29 Å². The van der Waals surface area contributed by atoms with Gasteiger partial charge in [-0.2, -0.15) is 9.65 Å². The van der Waals surface area contributed by atoms with E-state index in [-0.39, 0.29) is 0 Å². The number of aromatic nitrogens is 3. The minimum atomic E-state index is -0.774. The molecule has 1 unspecified atom stereocenters. The van der Waals surface area contributed by atoms with E-state index in [2.05, 4.69) is 34.3 Å². The maximum absolute atomic E-state index is 9.92. The van der Waals surface area contributed by atoms with Crippen molar-refractivity contribution in [3.8, 4) is 22.3 Å². The van der Waals surface area contributed by atoms with Gasteiger partial charge in [-0.1, -0.05) is 50.2 Å². The lowest BCUT2D eigenvalue weighted by Crippen LogP contribution is -2.37. The molecule has 0 radical (unpaired) electrons. The topological polar surface area (TPSA) is 62.9 Å². The maximum atomic E-state index is 9.92. The van der Waals surface area contributed by atoms with Crippen LogP contribution in [0.15, 0.2) is 72.0 Å². The van der Waals surface area contributed by atoms with Crippen molar-refractivity contribution in [3.05, 3.63) is 72.7 Å². The van der Waals surface area contributed by atoms with Crippen LogP contribution in [0.4, 0.5) is 0 Å². The Balaban J connectivity index is 0.00000133. The molecule has 178 valence electrons. The van der Waals surface area contributed by atoms with Gasteiger partial charge in [0, 0.05) is 49.2 Å². The molecule has 1 N–H and O–H groups in total. The van der Waals surface area contributed by atoms with Crippen LogP contribution in [0.1, 0.15) is 19.4 Å². The Morgan fingerprint density at radius 2 is 1.74 bits per heavy atom. The van der Waals surface area contributed by atoms with Gasteiger partial charge in [0.25, 0.3) is 0 Å². The summed E-state index contributed by atoms with van der Waals surface area (Å²) < 4.78 is 17.2. The predicted molar refractivity (Wildman–Crippen MR) is 140 cm³/mol. The molecule has 3 heterocycles. The third-order valence-corrected chi connectivity index (χ3v) is 6.89. The average molecular weight is 478 g/mol. The third-order valence-electron chi connectivity index (χ3n) is 5.95. The number of ether oxygens (including phenoxy) is 1. The summed E-state index contributed by atoms with van der Waals surface area (Å²) in [5.41, 5.74) is 6.28. The molecular formula is C27H33N4O2S+. The third kappa shape index (κ3) is 5.67. The lowest BCUT2D eigenvalue weighted by atomic mass is 10.0. The Morgan fingerprint density at radius 3 is 2.47 bits per heavy atom. The molecule has 7 heteroatoms. The molecule has 2 aromatic carbocycles. The molecule has 5 rings (SSSR count). The maximum Gasteiger partial charge on any atom is 0.190 e. The standard InChI is InChI=1S/C25H27N4O2S.C2H6/c1-32(30)23-4-2-3-21(15-23)24-17-27-29-18-22(16-26-25(24)29)20-7-5-19(6-8-20)9-10-28-11-13-31-14-12-28;1-2/h2-8,15-18,30H,9-14H2,1H3;1-2H3/q+1;. The van der Waals surface area contributed by atoms with E-state index in [0.717, 1.165) is 72.1 Å². The molecule has 4 aromatic rings. The summed E-state index contributed by atoms with van der Waals surface area (Å²) in [6.07, 6.45) is 8.61. The molecule has 0 spiro atoms. The highest BCUT2D eigenvalue weighted by Crippen LogP contribution is 2.27. The summed E-state index contributed by atoms with van der Waals surface area (Å²) >= 11 is -0.774. The van der Waals surface area contributed by atoms with Crippen LogP contribution in [-0.2, 0) is 22.3 Å². The fraction of sp³-hybridized carbons (Fsp3) is 0.333. The molecule has 1 aliphatic heterocycles. The summed E-state index contributed by atoms with van der Waals surface area (Å²) in [5.74, 6) is 0. The van der Waals surface area contributed by atoms with Crippen molar-refractivity contribution in [2.45, 2.75) is 25.2 Å². The summed E-state index contributed by atoms with van der Waals surface area (Å²) in [7, 11) is 0. The van der Waals surface area contributed by atoms with Crippen molar-refractivity contribution >= 4 is 16.8 Å². The first kappa shape index (κ1) is 24.4. The van der Waals surface area contributed by atoms with Gasteiger partial charge in [-0.25, -0.2) is 9.50 Å². The second-order valence-corrected chi connectivity index (χ2v) is 9.50. The van der Waals surface area contributed by atoms with Gasteiger partial charge >= 0.3 is 0 Å². The fourth-order valence-corrected chi connectivity index (χ4v) is 4.62. The van der Waals surface area contributed by atoms with Crippen LogP contribution in [-0.4, -0.2) is 63.2 Å². The zero-order valence-electron chi connectivity index (χ0n) is 20.1. The highest BCUT2D eigenvalue weighted by molar-refractivity contribution is 7.90. The zero-order valence-corrected chi connectivity index (χ0v) is 21.0. The summed E-state index contributed by atoms with van der Waals surface area (Å²) in [5, 5.41) is 4.53. The Kier molecular flexibility index (Phi) is 8.34. The van der Waals surface area contributed by atoms with Crippen LogP contribution in [0.25, 0.3) is 27.9 Å². The Labute approximate surface area is 204 Å². The van der Waals surface area contributed by atoms with Gasteiger partial charge in [-0.3, -0.25) is 4.90 Å². The lowest BCUT2D eigenvalue weighted by molar-refractivity contribution is 0.0384. The number of morpholine rings is 1. The highest BCUT2D eigenvalue weighted by Gasteiger charge is 2.16. The summed E-state index contributed by atoms with van der Waals surface area (Å²) in [6.45, 7) is 8.81. The predicted octanol–water partition coefficient (Wildman–Crippen LogP) is 5.04. The van der Waals surface area contributed by atoms with Gasteiger partial charge < -0.3 is 4.74 Å². The van der Waals surface area contributed by atoms with Crippen molar-refractivity contribution in [2.24, 2.45) is 0 Å². The molecule has 1 aliphatic rings. The molecular weight excluding hydrogens is 444 g/mol. The van der Waals surface area contributed by atoms with Gasteiger partial charge in [-0.05, 0) is 29.2 Å². The van der Waals surface area contributed by atoms with Crippen LogP contribution in [0, 0.1) is 0 Å². The van der Waals surface area contributed by atoms with Gasteiger partial charge in [0.1, 0.15) is 6.26 Å². The largest absolute Gasteiger partial charge is 0.379 e. The van der Waals surface area contributed by atoms with Gasteiger partial charge in [0.2, 0.25) is 0 Å². The molecule has 0 saturated carbocycles. The van der Waals surface area contributed by atoms with E-state index < -0.39 is 11.2 Å². The molecule has 1 saturated heterocycles. The van der Waals surface area contributed by atoms with Crippen molar-refractivity contribution in [2.75, 3.05) is 39.1 Å². The van der Waals surface area contributed by atoms with Crippen molar-refractivity contribution in [1.82, 2.24) is 19.5 Å². The molecule has 1 fully saturated rings. The van der Waals surface area contributed by atoms with E-state index >= 15 is 0 Å². The number of fused-ring (bicyclic) bond motifs is 1. The summed E-state index contributed by atoms with van der Waals surface area (Å²) in [4.78, 5) is 8.08. The number of nitrogens with zero attached hydrogens (tertiary/aromatic N) is 4. The van der Waals surface area contributed by atoms with E-state index in [4.69, 9.17) is 9.72 Å². The molecule has 34 heavy (non-hydrogen) atoms. The second-order valence-electron chi connectivity index (χ2n) is 8.08. The number of benzene rings is 2. The number of rotatable bonds is 6. The van der Waals surface area contributed by atoms with E-state index in [1.807, 2.05) is 61.2 Å². The molecule has 6 nitrogen and oxygen atoms in total. The van der Waals surface area contributed by atoms with Crippen molar-refractivity contribution in [3.63, 3.8) is 0 Å². The quantitative estimate of drug-likeness (QED) is 0.394. The fourth-order valence-electron chi connectivity index (χ4n) is 4.05. The number of hydrogen-bond acceptors (Lipinski definition) is 5. The molecule has 0 amide bonds. The minimum Gasteiger partial charge on any atom is -0.379 e. The molecule has 1 atom stereocenters. The van der Waals surface area contributed by atoms with E-state index in [0.29, 0.717) is 0 Å². The Hall–Kier alpha value is -2.71. The Morgan fingerprint density at radius 1 is 0.971 bits per heavy atom. The van der Waals surface area contributed by atoms with Gasteiger partial charge in [-0.15, -0.1) is 0 Å². The average Bonchev–Trinajstić information content (AvgIpc) is 3.33. The highest BCUT2D eigenvalue weighted by atomic mass is 32.2. The van der Waals surface area contributed by atoms with Crippen molar-refractivity contribution in [1.29, 1.82) is 0 Å². The summed E-state index contributed by atoms with van der Waals surface area (Å²) in [6, 6.07) is 16.7. The van der Waals surface area contributed by atoms with Crippen LogP contribution in [0.5, 0.6) is 0 Å². The first-order valence-electron chi connectivity index (χ1n) is 11.9. The Bertz CT molecular complexity index is 1200. The normalized spacial score (nSPS) is 15.1. The number of hydrogen-bond donors (Lipinski definition) is 1. The first-order valence-corrected chi connectivity index (χ1v) is 13.4. The lowest BCUT2D eigenvalue weighted by Gasteiger charge is -2.26. The van der Waals surface area contributed by atoms with Crippen LogP contribution >= 0.6 is 0 Å². The first-order chi connectivity index (χ1) is 16.7. The molecule has 2 aromatic heterocycles. The van der Waals surface area contributed by atoms with Crippen LogP contribution in [0.3, 0.4) is 0 Å².